The second-order valence-corrected chi connectivity index (χ2v) is 9.48. The first-order chi connectivity index (χ1) is 12.1. The number of hydrogen-bond donors (Lipinski definition) is 2. The first-order valence-electron chi connectivity index (χ1n) is 8.73. The van der Waals surface area contributed by atoms with Gasteiger partial charge in [-0.2, -0.15) is 0 Å². The van der Waals surface area contributed by atoms with Crippen LogP contribution < -0.4 is 20.1 Å². The van der Waals surface area contributed by atoms with Crippen LogP contribution in [-0.2, 0) is 9.84 Å². The fraction of sp³-hybridized carbons (Fsp3) is 0.611. The van der Waals surface area contributed by atoms with E-state index < -0.39 is 14.6 Å². The van der Waals surface area contributed by atoms with Crippen molar-refractivity contribution >= 4 is 45.5 Å². The Bertz CT molecular complexity index is 716. The predicted molar refractivity (Wildman–Crippen MR) is 123 cm³/mol. The molecular weight excluding hydrogens is 481 g/mol. The molecule has 0 aromatic heterocycles. The molecule has 0 fully saturated rings. The highest BCUT2D eigenvalue weighted by atomic mass is 127. The lowest BCUT2D eigenvalue weighted by atomic mass is 10.2. The minimum absolute atomic E-state index is 0. The van der Waals surface area contributed by atoms with E-state index in [-0.39, 0.29) is 36.3 Å². The lowest BCUT2D eigenvalue weighted by Gasteiger charge is -2.18. The van der Waals surface area contributed by atoms with Gasteiger partial charge in [0.2, 0.25) is 0 Å². The maximum Gasteiger partial charge on any atom is 0.195 e. The van der Waals surface area contributed by atoms with Gasteiger partial charge in [-0.15, -0.1) is 24.0 Å². The highest BCUT2D eigenvalue weighted by Crippen LogP contribution is 2.30. The Morgan fingerprint density at radius 1 is 1.19 bits per heavy atom. The number of ether oxygens (including phenoxy) is 2. The molecule has 0 radical (unpaired) electrons. The summed E-state index contributed by atoms with van der Waals surface area (Å²) in [6.45, 7) is 10.3. The Kier molecular flexibility index (Phi) is 11.0. The number of benzene rings is 1. The Morgan fingerprint density at radius 2 is 1.85 bits per heavy atom. The molecule has 0 heterocycles. The highest BCUT2D eigenvalue weighted by Gasteiger charge is 2.28. The summed E-state index contributed by atoms with van der Waals surface area (Å²) in [5, 5.41) is 6.27. The summed E-state index contributed by atoms with van der Waals surface area (Å²) in [4.78, 5) is 4.37. The van der Waals surface area contributed by atoms with Gasteiger partial charge >= 0.3 is 0 Å². The van der Waals surface area contributed by atoms with E-state index >= 15 is 0 Å². The number of anilines is 1. The molecule has 0 spiro atoms. The lowest BCUT2D eigenvalue weighted by molar-refractivity contribution is 0.311. The van der Waals surface area contributed by atoms with E-state index in [4.69, 9.17) is 9.47 Å². The minimum Gasteiger partial charge on any atom is -0.493 e. The van der Waals surface area contributed by atoms with E-state index in [0.717, 1.165) is 5.69 Å². The molecule has 9 heteroatoms. The molecule has 0 atom stereocenters. The van der Waals surface area contributed by atoms with Crippen LogP contribution in [0.3, 0.4) is 0 Å². The summed E-state index contributed by atoms with van der Waals surface area (Å²) in [5.41, 5.74) is 0.771. The number of aliphatic imine (C=N–C) groups is 1. The van der Waals surface area contributed by atoms with E-state index in [1.807, 2.05) is 26.0 Å². The number of halogens is 1. The third-order valence-electron chi connectivity index (χ3n) is 3.63. The predicted octanol–water partition coefficient (Wildman–Crippen LogP) is 3.30. The van der Waals surface area contributed by atoms with Crippen molar-refractivity contribution in [3.63, 3.8) is 0 Å². The first kappa shape index (κ1) is 25.8. The van der Waals surface area contributed by atoms with Crippen LogP contribution in [-0.4, -0.2) is 51.7 Å². The molecule has 0 saturated carbocycles. The van der Waals surface area contributed by atoms with Gasteiger partial charge in [-0.1, -0.05) is 0 Å². The van der Waals surface area contributed by atoms with E-state index in [1.54, 1.807) is 33.9 Å². The monoisotopic (exact) mass is 513 g/mol. The number of nitrogens with zero attached hydrogens (tertiary/aromatic N) is 1. The second kappa shape index (κ2) is 11.6. The molecule has 1 aromatic rings. The molecule has 0 aliphatic heterocycles. The van der Waals surface area contributed by atoms with Gasteiger partial charge in [0.1, 0.15) is 0 Å². The van der Waals surface area contributed by atoms with Crippen LogP contribution in [0.5, 0.6) is 11.5 Å². The zero-order valence-electron chi connectivity index (χ0n) is 17.0. The summed E-state index contributed by atoms with van der Waals surface area (Å²) in [5.74, 6) is 1.80. The van der Waals surface area contributed by atoms with Crippen LogP contribution in [0.2, 0.25) is 0 Å². The van der Waals surface area contributed by atoms with Crippen molar-refractivity contribution in [3.8, 4) is 11.5 Å². The quantitative estimate of drug-likeness (QED) is 0.315. The third-order valence-corrected chi connectivity index (χ3v) is 6.22. The van der Waals surface area contributed by atoms with E-state index in [9.17, 15) is 8.42 Å². The van der Waals surface area contributed by atoms with Gasteiger partial charge < -0.3 is 20.1 Å². The van der Waals surface area contributed by atoms with Crippen molar-refractivity contribution in [2.24, 2.45) is 4.99 Å². The van der Waals surface area contributed by atoms with E-state index in [0.29, 0.717) is 30.6 Å². The van der Waals surface area contributed by atoms with Crippen molar-refractivity contribution in [2.75, 3.05) is 37.9 Å². The first-order valence-corrected chi connectivity index (χ1v) is 10.4. The Balaban J connectivity index is 0.00000676. The van der Waals surface area contributed by atoms with Crippen molar-refractivity contribution < 1.29 is 17.9 Å². The van der Waals surface area contributed by atoms with Crippen molar-refractivity contribution in [1.82, 2.24) is 5.32 Å². The Hall–Kier alpha value is -1.23. The van der Waals surface area contributed by atoms with Gasteiger partial charge in [-0.3, -0.25) is 4.99 Å². The Morgan fingerprint density at radius 3 is 2.37 bits per heavy atom. The zero-order chi connectivity index (χ0) is 19.8. The smallest absolute Gasteiger partial charge is 0.195 e. The number of sulfone groups is 1. The molecule has 156 valence electrons. The van der Waals surface area contributed by atoms with Crippen LogP contribution in [0.1, 0.15) is 34.6 Å². The van der Waals surface area contributed by atoms with Crippen LogP contribution in [0.25, 0.3) is 0 Å². The molecule has 0 bridgehead atoms. The van der Waals surface area contributed by atoms with Gasteiger partial charge in [-0.05, 0) is 46.8 Å². The lowest BCUT2D eigenvalue weighted by Crippen LogP contribution is -2.33. The van der Waals surface area contributed by atoms with Crippen LogP contribution in [0.15, 0.2) is 23.2 Å². The molecule has 0 aliphatic carbocycles. The molecule has 2 N–H and O–H groups in total. The summed E-state index contributed by atoms with van der Waals surface area (Å²) in [6, 6.07) is 5.47. The number of hydrogen-bond acceptors (Lipinski definition) is 5. The molecule has 1 aromatic carbocycles. The largest absolute Gasteiger partial charge is 0.493 e. The third kappa shape index (κ3) is 8.12. The SMILES string of the molecule is CCNC(=NCCS(=O)(=O)C(C)(C)C)Nc1ccc(OC)c(OCC)c1.I. The van der Waals surface area contributed by atoms with Crippen LogP contribution in [0, 0.1) is 0 Å². The number of methoxy groups -OCH3 is 1. The van der Waals surface area contributed by atoms with Gasteiger partial charge in [0.15, 0.2) is 27.3 Å². The van der Waals surface area contributed by atoms with E-state index in [1.165, 1.54) is 0 Å². The van der Waals surface area contributed by atoms with E-state index in [2.05, 4.69) is 15.6 Å². The minimum atomic E-state index is -3.20. The fourth-order valence-electron chi connectivity index (χ4n) is 2.05. The van der Waals surface area contributed by atoms with Gasteiger partial charge in [-0.25, -0.2) is 8.42 Å². The average molecular weight is 513 g/mol. The normalized spacial score (nSPS) is 12.1. The Labute approximate surface area is 180 Å². The number of guanidine groups is 1. The molecule has 1 rings (SSSR count). The molecular formula is C18H32IN3O4S. The standard InChI is InChI=1S/C18H31N3O4S.HI/c1-7-19-17(20-11-12-26(22,23)18(3,4)5)21-14-9-10-15(24-6)16(13-14)25-8-2;/h9-10,13H,7-8,11-12H2,1-6H3,(H2,19,20,21);1H. The fourth-order valence-corrected chi connectivity index (χ4v) is 2.99. The molecule has 0 amide bonds. The van der Waals surface area contributed by atoms with Crippen molar-refractivity contribution in [1.29, 1.82) is 0 Å². The van der Waals surface area contributed by atoms with Crippen molar-refractivity contribution in [2.45, 2.75) is 39.4 Å². The molecule has 0 aliphatic rings. The zero-order valence-corrected chi connectivity index (χ0v) is 20.1. The number of rotatable bonds is 8. The van der Waals surface area contributed by atoms with Crippen LogP contribution >= 0.6 is 24.0 Å². The van der Waals surface area contributed by atoms with Crippen LogP contribution in [0.4, 0.5) is 5.69 Å². The topological polar surface area (TPSA) is 89.0 Å². The molecule has 0 saturated heterocycles. The van der Waals surface area contributed by atoms with Gasteiger partial charge in [0.05, 0.1) is 30.8 Å². The molecule has 0 unspecified atom stereocenters. The van der Waals surface area contributed by atoms with Crippen molar-refractivity contribution in [3.05, 3.63) is 18.2 Å². The maximum absolute atomic E-state index is 12.2. The average Bonchev–Trinajstić information content (AvgIpc) is 2.54. The molecule has 7 nitrogen and oxygen atoms in total. The molecule has 27 heavy (non-hydrogen) atoms. The highest BCUT2D eigenvalue weighted by molar-refractivity contribution is 14.0. The summed E-state index contributed by atoms with van der Waals surface area (Å²) in [7, 11) is -1.61. The maximum atomic E-state index is 12.2. The van der Waals surface area contributed by atoms with Gasteiger partial charge in [0, 0.05) is 18.3 Å². The summed E-state index contributed by atoms with van der Waals surface area (Å²) >= 11 is 0. The summed E-state index contributed by atoms with van der Waals surface area (Å²) < 4.78 is 34.5. The second-order valence-electron chi connectivity index (χ2n) is 6.62. The summed E-state index contributed by atoms with van der Waals surface area (Å²) in [6.07, 6.45) is 0. The number of nitrogens with one attached hydrogen (secondary N) is 2. The van der Waals surface area contributed by atoms with Gasteiger partial charge in [0.25, 0.3) is 0 Å².